The number of carbonyl (C=O) groups is 2. The summed E-state index contributed by atoms with van der Waals surface area (Å²) < 4.78 is 18.7. The molecule has 7 heteroatoms. The molecule has 2 saturated carbocycles. The zero-order chi connectivity index (χ0) is 18.3. The predicted octanol–water partition coefficient (Wildman–Crippen LogP) is 2.63. The van der Waals surface area contributed by atoms with Crippen molar-refractivity contribution in [3.63, 3.8) is 0 Å². The molecule has 0 atom stereocenters. The minimum absolute atomic E-state index is 0.00736. The van der Waals surface area contributed by atoms with Gasteiger partial charge in [-0.1, -0.05) is 0 Å². The van der Waals surface area contributed by atoms with Crippen LogP contribution in [0.5, 0.6) is 0 Å². The quantitative estimate of drug-likeness (QED) is 0.793. The van der Waals surface area contributed by atoms with Gasteiger partial charge in [-0.3, -0.25) is 14.5 Å². The van der Waals surface area contributed by atoms with E-state index >= 15 is 0 Å². The van der Waals surface area contributed by atoms with Crippen molar-refractivity contribution >= 4 is 22.8 Å². The van der Waals surface area contributed by atoms with Crippen molar-refractivity contribution in [3.8, 4) is 0 Å². The van der Waals surface area contributed by atoms with E-state index in [1.165, 1.54) is 37.1 Å². The molecule has 1 aromatic heterocycles. The Hall–Kier alpha value is -2.41. The van der Waals surface area contributed by atoms with E-state index in [1.807, 2.05) is 4.90 Å². The molecule has 1 amide bonds. The van der Waals surface area contributed by atoms with Crippen LogP contribution in [0.4, 0.5) is 4.39 Å². The average molecular weight is 360 g/mol. The topological polar surface area (TPSA) is 82.8 Å². The van der Waals surface area contributed by atoms with E-state index < -0.39 is 5.97 Å². The van der Waals surface area contributed by atoms with Crippen molar-refractivity contribution in [1.29, 1.82) is 0 Å². The molecule has 2 aliphatic rings. The molecule has 6 nitrogen and oxygen atoms in total. The lowest BCUT2D eigenvalue weighted by Crippen LogP contribution is -2.55. The summed E-state index contributed by atoms with van der Waals surface area (Å²) in [6.07, 6.45) is 3.83. The largest absolute Gasteiger partial charge is 0.480 e. The molecule has 0 bridgehead atoms. The van der Waals surface area contributed by atoms with E-state index in [2.05, 4.69) is 5.32 Å². The Morgan fingerprint density at radius 3 is 2.73 bits per heavy atom. The third-order valence-electron chi connectivity index (χ3n) is 5.19. The second-order valence-corrected chi connectivity index (χ2v) is 7.35. The summed E-state index contributed by atoms with van der Waals surface area (Å²) in [7, 11) is 0. The normalized spacial score (nSPS) is 22.4. The Morgan fingerprint density at radius 1 is 1.27 bits per heavy atom. The highest BCUT2D eigenvalue weighted by Gasteiger charge is 2.38. The number of amides is 1. The fraction of sp³-hybridized carbons (Fsp3) is 0.474. The fourth-order valence-electron chi connectivity index (χ4n) is 3.53. The monoisotopic (exact) mass is 360 g/mol. The van der Waals surface area contributed by atoms with Crippen molar-refractivity contribution in [2.45, 2.75) is 37.8 Å². The van der Waals surface area contributed by atoms with Gasteiger partial charge in [0.05, 0.1) is 6.54 Å². The summed E-state index contributed by atoms with van der Waals surface area (Å²) in [5.74, 6) is -0.723. The molecule has 0 radical (unpaired) electrons. The number of nitrogens with zero attached hydrogens (tertiary/aromatic N) is 1. The van der Waals surface area contributed by atoms with Crippen molar-refractivity contribution < 1.29 is 23.5 Å². The molecule has 4 rings (SSSR count). The molecule has 26 heavy (non-hydrogen) atoms. The Bertz CT molecular complexity index is 839. The van der Waals surface area contributed by atoms with Gasteiger partial charge in [-0.05, 0) is 55.9 Å². The molecular formula is C19H21FN2O4. The number of aliphatic carboxylic acids is 1. The third kappa shape index (κ3) is 3.72. The molecular weight excluding hydrogens is 339 g/mol. The number of carbonyl (C=O) groups excluding carboxylic acids is 1. The standard InChI is InChI=1S/C19H21FN2O4/c20-13-3-4-16-12(5-13)6-17(26-16)19(25)21-14-7-15(8-14)22(10-18(23)24)9-11-1-2-11/h3-6,11,14-15H,1-2,7-10H2,(H,21,25)(H,23,24). The number of fused-ring (bicyclic) bond motifs is 1. The number of nitrogens with one attached hydrogen (secondary N) is 1. The first-order valence-corrected chi connectivity index (χ1v) is 8.94. The molecule has 2 aliphatic carbocycles. The van der Waals surface area contributed by atoms with Crippen molar-refractivity contribution in [2.24, 2.45) is 5.92 Å². The molecule has 2 aromatic rings. The van der Waals surface area contributed by atoms with Gasteiger partial charge in [-0.15, -0.1) is 0 Å². The molecule has 0 spiro atoms. The van der Waals surface area contributed by atoms with Gasteiger partial charge in [0.2, 0.25) is 0 Å². The van der Waals surface area contributed by atoms with Crippen LogP contribution in [0.3, 0.4) is 0 Å². The number of carboxylic acids is 1. The van der Waals surface area contributed by atoms with Crippen LogP contribution in [0.25, 0.3) is 11.0 Å². The van der Waals surface area contributed by atoms with Crippen LogP contribution in [0.15, 0.2) is 28.7 Å². The summed E-state index contributed by atoms with van der Waals surface area (Å²) in [5, 5.41) is 12.6. The Balaban J connectivity index is 1.33. The smallest absolute Gasteiger partial charge is 0.317 e. The summed E-state index contributed by atoms with van der Waals surface area (Å²) in [6.45, 7) is 0.879. The predicted molar refractivity (Wildman–Crippen MR) is 92.4 cm³/mol. The zero-order valence-corrected chi connectivity index (χ0v) is 14.3. The van der Waals surface area contributed by atoms with E-state index in [-0.39, 0.29) is 36.1 Å². The highest BCUT2D eigenvalue weighted by atomic mass is 19.1. The van der Waals surface area contributed by atoms with Gasteiger partial charge >= 0.3 is 5.97 Å². The minimum atomic E-state index is -0.812. The average Bonchev–Trinajstić information content (AvgIpc) is 3.25. The molecule has 1 heterocycles. The maximum atomic E-state index is 13.2. The lowest BCUT2D eigenvalue weighted by molar-refractivity contribution is -0.139. The third-order valence-corrected chi connectivity index (χ3v) is 5.19. The van der Waals surface area contributed by atoms with Gasteiger partial charge in [-0.2, -0.15) is 0 Å². The maximum Gasteiger partial charge on any atom is 0.317 e. The summed E-state index contributed by atoms with van der Waals surface area (Å²) in [4.78, 5) is 25.4. The SMILES string of the molecule is O=C(O)CN(CC1CC1)C1CC(NC(=O)c2cc3cc(F)ccc3o2)C1. The summed E-state index contributed by atoms with van der Waals surface area (Å²) >= 11 is 0. The second kappa shape index (κ2) is 6.72. The van der Waals surface area contributed by atoms with Gasteiger partial charge in [-0.25, -0.2) is 4.39 Å². The molecule has 1 aromatic carbocycles. The number of rotatable bonds is 7. The molecule has 2 N–H and O–H groups in total. The fourth-order valence-corrected chi connectivity index (χ4v) is 3.53. The Labute approximate surface area is 150 Å². The van der Waals surface area contributed by atoms with Crippen LogP contribution in [0, 0.1) is 11.7 Å². The van der Waals surface area contributed by atoms with Crippen LogP contribution < -0.4 is 5.32 Å². The number of benzene rings is 1. The molecule has 2 fully saturated rings. The first-order chi connectivity index (χ1) is 12.5. The Kier molecular flexibility index (Phi) is 4.40. The van der Waals surface area contributed by atoms with E-state index in [0.29, 0.717) is 16.9 Å². The molecule has 0 unspecified atom stereocenters. The zero-order valence-electron chi connectivity index (χ0n) is 14.3. The van der Waals surface area contributed by atoms with Gasteiger partial charge in [0.15, 0.2) is 5.76 Å². The van der Waals surface area contributed by atoms with Gasteiger partial charge in [0, 0.05) is 24.0 Å². The number of furan rings is 1. The van der Waals surface area contributed by atoms with E-state index in [9.17, 15) is 14.0 Å². The van der Waals surface area contributed by atoms with Crippen LogP contribution in [0.1, 0.15) is 36.2 Å². The van der Waals surface area contributed by atoms with Crippen molar-refractivity contribution in [1.82, 2.24) is 10.2 Å². The van der Waals surface area contributed by atoms with Gasteiger partial charge in [0.25, 0.3) is 5.91 Å². The Morgan fingerprint density at radius 2 is 2.04 bits per heavy atom. The number of hydrogen-bond acceptors (Lipinski definition) is 4. The van der Waals surface area contributed by atoms with Crippen LogP contribution in [-0.4, -0.2) is 47.1 Å². The van der Waals surface area contributed by atoms with Crippen molar-refractivity contribution in [3.05, 3.63) is 35.8 Å². The van der Waals surface area contributed by atoms with Crippen molar-refractivity contribution in [2.75, 3.05) is 13.1 Å². The first kappa shape index (κ1) is 17.0. The van der Waals surface area contributed by atoms with E-state index in [0.717, 1.165) is 19.4 Å². The highest BCUT2D eigenvalue weighted by Crippen LogP contribution is 2.34. The number of hydrogen-bond donors (Lipinski definition) is 2. The molecule has 0 aliphatic heterocycles. The van der Waals surface area contributed by atoms with E-state index in [4.69, 9.17) is 9.52 Å². The highest BCUT2D eigenvalue weighted by molar-refractivity contribution is 5.96. The lowest BCUT2D eigenvalue weighted by atomic mass is 9.85. The second-order valence-electron chi connectivity index (χ2n) is 7.35. The molecule has 0 saturated heterocycles. The van der Waals surface area contributed by atoms with E-state index in [1.54, 1.807) is 0 Å². The summed E-state index contributed by atoms with van der Waals surface area (Å²) in [6, 6.07) is 5.86. The maximum absolute atomic E-state index is 13.2. The summed E-state index contributed by atoms with van der Waals surface area (Å²) in [5.41, 5.74) is 0.472. The van der Waals surface area contributed by atoms with Crippen LogP contribution >= 0.6 is 0 Å². The lowest BCUT2D eigenvalue weighted by Gasteiger charge is -2.42. The van der Waals surface area contributed by atoms with Crippen LogP contribution in [-0.2, 0) is 4.79 Å². The van der Waals surface area contributed by atoms with Gasteiger partial charge < -0.3 is 14.8 Å². The number of halogens is 1. The number of carboxylic acid groups (broad SMARTS) is 1. The minimum Gasteiger partial charge on any atom is -0.480 e. The molecule has 138 valence electrons. The van der Waals surface area contributed by atoms with Crippen LogP contribution in [0.2, 0.25) is 0 Å². The van der Waals surface area contributed by atoms with Gasteiger partial charge in [0.1, 0.15) is 11.4 Å². The first-order valence-electron chi connectivity index (χ1n) is 8.94.